The predicted octanol–water partition coefficient (Wildman–Crippen LogP) is 1.52. The third-order valence-electron chi connectivity index (χ3n) is 3.14. The lowest BCUT2D eigenvalue weighted by Gasteiger charge is -2.46. The van der Waals surface area contributed by atoms with Crippen LogP contribution < -0.4 is 5.73 Å². The van der Waals surface area contributed by atoms with Crippen LogP contribution in [-0.4, -0.2) is 34.6 Å². The lowest BCUT2D eigenvalue weighted by Crippen LogP contribution is -2.63. The van der Waals surface area contributed by atoms with Gasteiger partial charge in [0.05, 0.1) is 29.3 Å². The van der Waals surface area contributed by atoms with Crippen LogP contribution in [0.3, 0.4) is 0 Å². The predicted molar refractivity (Wildman–Crippen MR) is 67.0 cm³/mol. The number of carbonyl (C=O) groups is 1. The number of nitrogens with zero attached hydrogens (tertiary/aromatic N) is 1. The van der Waals surface area contributed by atoms with Crippen LogP contribution in [-0.2, 0) is 0 Å². The molecule has 92 valence electrons. The van der Waals surface area contributed by atoms with Crippen LogP contribution in [0.1, 0.15) is 23.7 Å². The number of likely N-dealkylation sites (tertiary alicyclic amines) is 1. The van der Waals surface area contributed by atoms with E-state index in [1.807, 2.05) is 6.92 Å². The molecule has 0 spiro atoms. The van der Waals surface area contributed by atoms with Crippen LogP contribution in [0, 0.1) is 0 Å². The van der Waals surface area contributed by atoms with E-state index < -0.39 is 5.60 Å². The minimum absolute atomic E-state index is 0.159. The number of nitrogens with two attached hydrogens (primary N) is 1. The number of hydrogen-bond acceptors (Lipinski definition) is 3. The van der Waals surface area contributed by atoms with Gasteiger partial charge >= 0.3 is 0 Å². The molecule has 0 aliphatic carbocycles. The molecular weight excluding hydrogens is 240 g/mol. The van der Waals surface area contributed by atoms with E-state index in [0.717, 1.165) is 0 Å². The van der Waals surface area contributed by atoms with Gasteiger partial charge in [-0.3, -0.25) is 4.79 Å². The second-order valence-corrected chi connectivity index (χ2v) is 4.89. The van der Waals surface area contributed by atoms with Gasteiger partial charge in [0, 0.05) is 5.69 Å². The van der Waals surface area contributed by atoms with E-state index in [1.165, 1.54) is 0 Å². The maximum absolute atomic E-state index is 12.1. The van der Waals surface area contributed by atoms with E-state index in [0.29, 0.717) is 35.8 Å². The Bertz CT molecular complexity index is 456. The standard InChI is InChI=1S/C12H15ClN2O2/c1-2-12(17)6-15(7-12)11(16)9-4-3-8(14)5-10(9)13/h3-5,17H,2,6-7,14H2,1H3. The van der Waals surface area contributed by atoms with Crippen molar-refractivity contribution in [3.8, 4) is 0 Å². The van der Waals surface area contributed by atoms with Gasteiger partial charge in [0.2, 0.25) is 0 Å². The highest BCUT2D eigenvalue weighted by Gasteiger charge is 2.42. The van der Waals surface area contributed by atoms with E-state index in [4.69, 9.17) is 17.3 Å². The Morgan fingerprint density at radius 3 is 2.76 bits per heavy atom. The second kappa shape index (κ2) is 4.20. The zero-order valence-corrected chi connectivity index (χ0v) is 10.4. The number of carbonyl (C=O) groups excluding carboxylic acids is 1. The largest absolute Gasteiger partial charge is 0.399 e. The molecule has 17 heavy (non-hydrogen) atoms. The van der Waals surface area contributed by atoms with Crippen LogP contribution in [0.4, 0.5) is 5.69 Å². The Hall–Kier alpha value is -1.26. The molecule has 2 rings (SSSR count). The molecule has 1 saturated heterocycles. The molecule has 1 aromatic rings. The summed E-state index contributed by atoms with van der Waals surface area (Å²) in [5, 5.41) is 10.2. The molecule has 0 bridgehead atoms. The van der Waals surface area contributed by atoms with Crippen LogP contribution in [0.15, 0.2) is 18.2 Å². The number of aliphatic hydroxyl groups is 1. The van der Waals surface area contributed by atoms with Crippen molar-refractivity contribution in [1.82, 2.24) is 4.90 Å². The van der Waals surface area contributed by atoms with Crippen molar-refractivity contribution in [2.24, 2.45) is 0 Å². The Labute approximate surface area is 105 Å². The Kier molecular flexibility index (Phi) is 3.02. The molecule has 1 amide bonds. The molecule has 1 aromatic carbocycles. The Balaban J connectivity index is 2.12. The third-order valence-corrected chi connectivity index (χ3v) is 3.45. The van der Waals surface area contributed by atoms with Crippen LogP contribution >= 0.6 is 11.6 Å². The van der Waals surface area contributed by atoms with Gasteiger partial charge in [-0.25, -0.2) is 0 Å². The van der Waals surface area contributed by atoms with Gasteiger partial charge in [0.1, 0.15) is 0 Å². The smallest absolute Gasteiger partial charge is 0.255 e. The second-order valence-electron chi connectivity index (χ2n) is 4.48. The maximum atomic E-state index is 12.1. The van der Waals surface area contributed by atoms with Crippen molar-refractivity contribution in [1.29, 1.82) is 0 Å². The van der Waals surface area contributed by atoms with Crippen molar-refractivity contribution in [2.45, 2.75) is 18.9 Å². The van der Waals surface area contributed by atoms with Crippen LogP contribution in [0.5, 0.6) is 0 Å². The van der Waals surface area contributed by atoms with E-state index >= 15 is 0 Å². The first-order chi connectivity index (χ1) is 7.95. The first kappa shape index (κ1) is 12.2. The average molecular weight is 255 g/mol. The maximum Gasteiger partial charge on any atom is 0.255 e. The number of anilines is 1. The number of β-amino-alcohol motifs (C(OH)–C–C–N with tert-alkyl or cyclic N) is 1. The summed E-state index contributed by atoms with van der Waals surface area (Å²) >= 11 is 5.96. The minimum atomic E-state index is -0.726. The zero-order valence-electron chi connectivity index (χ0n) is 9.61. The van der Waals surface area contributed by atoms with Gasteiger partial charge in [-0.2, -0.15) is 0 Å². The summed E-state index contributed by atoms with van der Waals surface area (Å²) in [6, 6.07) is 4.81. The quantitative estimate of drug-likeness (QED) is 0.787. The highest BCUT2D eigenvalue weighted by molar-refractivity contribution is 6.34. The molecule has 0 radical (unpaired) electrons. The molecule has 0 atom stereocenters. The summed E-state index contributed by atoms with van der Waals surface area (Å²) in [6.07, 6.45) is 0.645. The monoisotopic (exact) mass is 254 g/mol. The van der Waals surface area contributed by atoms with Gasteiger partial charge < -0.3 is 15.7 Å². The van der Waals surface area contributed by atoms with E-state index in [1.54, 1.807) is 23.1 Å². The summed E-state index contributed by atoms with van der Waals surface area (Å²) < 4.78 is 0. The summed E-state index contributed by atoms with van der Waals surface area (Å²) in [4.78, 5) is 13.6. The van der Waals surface area contributed by atoms with Crippen molar-refractivity contribution in [3.05, 3.63) is 28.8 Å². The van der Waals surface area contributed by atoms with Crippen LogP contribution in [0.25, 0.3) is 0 Å². The normalized spacial score (nSPS) is 17.7. The van der Waals surface area contributed by atoms with Gasteiger partial charge in [0.15, 0.2) is 0 Å². The van der Waals surface area contributed by atoms with Crippen molar-refractivity contribution in [2.75, 3.05) is 18.8 Å². The molecule has 0 unspecified atom stereocenters. The molecule has 1 aliphatic rings. The highest BCUT2D eigenvalue weighted by atomic mass is 35.5. The number of benzene rings is 1. The van der Waals surface area contributed by atoms with E-state index in [2.05, 4.69) is 0 Å². The van der Waals surface area contributed by atoms with Gasteiger partial charge in [-0.1, -0.05) is 18.5 Å². The van der Waals surface area contributed by atoms with Crippen molar-refractivity contribution < 1.29 is 9.90 Å². The number of nitrogen functional groups attached to an aromatic ring is 1. The van der Waals surface area contributed by atoms with Crippen LogP contribution in [0.2, 0.25) is 5.02 Å². The first-order valence-electron chi connectivity index (χ1n) is 5.52. The molecular formula is C12H15ClN2O2. The fourth-order valence-corrected chi connectivity index (χ4v) is 2.18. The number of halogens is 1. The van der Waals surface area contributed by atoms with E-state index in [-0.39, 0.29) is 5.91 Å². The fourth-order valence-electron chi connectivity index (χ4n) is 1.91. The minimum Gasteiger partial charge on any atom is -0.399 e. The third kappa shape index (κ3) is 2.23. The van der Waals surface area contributed by atoms with Gasteiger partial charge in [0.25, 0.3) is 5.91 Å². The number of hydrogen-bond donors (Lipinski definition) is 2. The molecule has 1 fully saturated rings. The molecule has 5 heteroatoms. The summed E-state index contributed by atoms with van der Waals surface area (Å²) in [5.74, 6) is -0.159. The SMILES string of the molecule is CCC1(O)CN(C(=O)c2ccc(N)cc2Cl)C1. The molecule has 1 heterocycles. The zero-order chi connectivity index (χ0) is 12.6. The number of rotatable bonds is 2. The molecule has 1 aliphatic heterocycles. The first-order valence-corrected chi connectivity index (χ1v) is 5.90. The van der Waals surface area contributed by atoms with Crippen molar-refractivity contribution >= 4 is 23.2 Å². The summed E-state index contributed by atoms with van der Waals surface area (Å²) in [5.41, 5.74) is 5.80. The fraction of sp³-hybridized carbons (Fsp3) is 0.417. The lowest BCUT2D eigenvalue weighted by molar-refractivity contribution is -0.0826. The Morgan fingerprint density at radius 1 is 1.59 bits per heavy atom. The lowest BCUT2D eigenvalue weighted by atomic mass is 9.90. The van der Waals surface area contributed by atoms with E-state index in [9.17, 15) is 9.90 Å². The molecule has 4 nitrogen and oxygen atoms in total. The van der Waals surface area contributed by atoms with Gasteiger partial charge in [-0.15, -0.1) is 0 Å². The van der Waals surface area contributed by atoms with Crippen molar-refractivity contribution in [3.63, 3.8) is 0 Å². The highest BCUT2D eigenvalue weighted by Crippen LogP contribution is 2.28. The molecule has 0 saturated carbocycles. The average Bonchev–Trinajstić information content (AvgIpc) is 2.24. The Morgan fingerprint density at radius 2 is 2.24 bits per heavy atom. The summed E-state index contributed by atoms with van der Waals surface area (Å²) in [7, 11) is 0. The molecule has 0 aromatic heterocycles. The number of amides is 1. The molecule has 3 N–H and O–H groups in total. The summed E-state index contributed by atoms with van der Waals surface area (Å²) in [6.45, 7) is 2.63. The van der Waals surface area contributed by atoms with Gasteiger partial charge in [-0.05, 0) is 24.6 Å². The topological polar surface area (TPSA) is 66.6 Å².